The van der Waals surface area contributed by atoms with Crippen molar-refractivity contribution in [2.24, 2.45) is 0 Å². The molecule has 0 N–H and O–H groups in total. The summed E-state index contributed by atoms with van der Waals surface area (Å²) in [7, 11) is 0. The molecular formula is C15H25ClN4S. The molecule has 0 saturated carbocycles. The lowest BCUT2D eigenvalue weighted by atomic mass is 10.2. The third-order valence-electron chi connectivity index (χ3n) is 3.75. The molecule has 0 aliphatic carbocycles. The van der Waals surface area contributed by atoms with Crippen LogP contribution in [0.3, 0.4) is 0 Å². The Morgan fingerprint density at radius 2 is 2.00 bits per heavy atom. The summed E-state index contributed by atoms with van der Waals surface area (Å²) in [6, 6.07) is 0.381. The van der Waals surface area contributed by atoms with Crippen LogP contribution in [-0.2, 0) is 6.54 Å². The van der Waals surface area contributed by atoms with E-state index in [9.17, 15) is 0 Å². The van der Waals surface area contributed by atoms with Crippen LogP contribution in [0.2, 0.25) is 0 Å². The van der Waals surface area contributed by atoms with Gasteiger partial charge in [0.2, 0.25) is 0 Å². The topological polar surface area (TPSA) is 35.6 Å². The van der Waals surface area contributed by atoms with Gasteiger partial charge in [-0.2, -0.15) is 16.9 Å². The van der Waals surface area contributed by atoms with E-state index in [1.54, 1.807) is 0 Å². The SMILES string of the molecule is CCSCCC(C)n1c(C(C)Cl)nc2c(C)nn(CC)c21. The smallest absolute Gasteiger partial charge is 0.159 e. The molecule has 0 aliphatic heterocycles. The van der Waals surface area contributed by atoms with Gasteiger partial charge in [0.05, 0.1) is 11.1 Å². The van der Waals surface area contributed by atoms with Gasteiger partial charge in [0.1, 0.15) is 11.3 Å². The molecule has 0 aromatic carbocycles. The number of thioether (sulfide) groups is 1. The molecule has 0 amide bonds. The third-order valence-corrected chi connectivity index (χ3v) is 4.88. The van der Waals surface area contributed by atoms with Gasteiger partial charge in [-0.05, 0) is 45.6 Å². The lowest BCUT2D eigenvalue weighted by molar-refractivity contribution is 0.507. The van der Waals surface area contributed by atoms with E-state index >= 15 is 0 Å². The molecule has 118 valence electrons. The minimum Gasteiger partial charge on any atom is -0.309 e. The quantitative estimate of drug-likeness (QED) is 0.552. The molecule has 2 aromatic rings. The highest BCUT2D eigenvalue weighted by molar-refractivity contribution is 7.99. The molecule has 2 atom stereocenters. The van der Waals surface area contributed by atoms with E-state index in [4.69, 9.17) is 16.6 Å². The number of nitrogens with zero attached hydrogens (tertiary/aromatic N) is 4. The number of aryl methyl sites for hydroxylation is 2. The maximum atomic E-state index is 6.37. The molecule has 0 radical (unpaired) electrons. The van der Waals surface area contributed by atoms with Crippen LogP contribution < -0.4 is 0 Å². The lowest BCUT2D eigenvalue weighted by Crippen LogP contribution is -2.14. The van der Waals surface area contributed by atoms with Crippen molar-refractivity contribution in [3.05, 3.63) is 11.5 Å². The zero-order valence-corrected chi connectivity index (χ0v) is 15.1. The van der Waals surface area contributed by atoms with Gasteiger partial charge in [-0.15, -0.1) is 11.6 Å². The van der Waals surface area contributed by atoms with Crippen molar-refractivity contribution < 1.29 is 0 Å². The maximum absolute atomic E-state index is 6.37. The van der Waals surface area contributed by atoms with Crippen LogP contribution in [0, 0.1) is 6.92 Å². The predicted octanol–water partition coefficient (Wildman–Crippen LogP) is 4.57. The fraction of sp³-hybridized carbons (Fsp3) is 0.733. The Hall–Kier alpha value is -0.680. The fourth-order valence-electron chi connectivity index (χ4n) is 2.67. The zero-order chi connectivity index (χ0) is 15.6. The summed E-state index contributed by atoms with van der Waals surface area (Å²) in [5.41, 5.74) is 3.10. The van der Waals surface area contributed by atoms with E-state index in [1.807, 2.05) is 30.3 Å². The van der Waals surface area contributed by atoms with Gasteiger partial charge in [-0.3, -0.25) is 0 Å². The Bertz CT molecular complexity index is 602. The Morgan fingerprint density at radius 3 is 2.57 bits per heavy atom. The van der Waals surface area contributed by atoms with E-state index in [0.717, 1.165) is 47.2 Å². The molecular weight excluding hydrogens is 304 g/mol. The largest absolute Gasteiger partial charge is 0.309 e. The summed E-state index contributed by atoms with van der Waals surface area (Å²) in [4.78, 5) is 4.77. The highest BCUT2D eigenvalue weighted by Gasteiger charge is 2.23. The second-order valence-electron chi connectivity index (χ2n) is 5.36. The third kappa shape index (κ3) is 3.24. The Labute approximate surface area is 136 Å². The van der Waals surface area contributed by atoms with Gasteiger partial charge >= 0.3 is 0 Å². The molecule has 0 aliphatic rings. The van der Waals surface area contributed by atoms with Crippen molar-refractivity contribution in [2.75, 3.05) is 11.5 Å². The van der Waals surface area contributed by atoms with Crippen LogP contribution in [0.25, 0.3) is 11.2 Å². The number of aromatic nitrogens is 4. The first-order chi connectivity index (χ1) is 10.0. The van der Waals surface area contributed by atoms with Gasteiger partial charge in [0, 0.05) is 12.6 Å². The Kier molecular flexibility index (Phi) is 5.60. The molecule has 6 heteroatoms. The normalized spacial score (nSPS) is 14.8. The number of fused-ring (bicyclic) bond motifs is 1. The molecule has 21 heavy (non-hydrogen) atoms. The van der Waals surface area contributed by atoms with Crippen molar-refractivity contribution in [3.8, 4) is 0 Å². The van der Waals surface area contributed by atoms with Crippen molar-refractivity contribution in [2.45, 2.75) is 59.0 Å². The van der Waals surface area contributed by atoms with Crippen molar-refractivity contribution in [1.29, 1.82) is 0 Å². The monoisotopic (exact) mass is 328 g/mol. The number of halogens is 1. The summed E-state index contributed by atoms with van der Waals surface area (Å²) in [6.07, 6.45) is 1.12. The van der Waals surface area contributed by atoms with E-state index in [-0.39, 0.29) is 5.38 Å². The molecule has 2 heterocycles. The van der Waals surface area contributed by atoms with Gasteiger partial charge < -0.3 is 4.57 Å². The highest BCUT2D eigenvalue weighted by Crippen LogP contribution is 2.31. The molecule has 0 fully saturated rings. The van der Waals surface area contributed by atoms with Crippen LogP contribution in [0.1, 0.15) is 57.1 Å². The lowest BCUT2D eigenvalue weighted by Gasteiger charge is -2.19. The van der Waals surface area contributed by atoms with Crippen molar-refractivity contribution >= 4 is 34.5 Å². The van der Waals surface area contributed by atoms with Crippen LogP contribution in [0.5, 0.6) is 0 Å². The summed E-state index contributed by atoms with van der Waals surface area (Å²) in [5.74, 6) is 3.28. The maximum Gasteiger partial charge on any atom is 0.159 e. The summed E-state index contributed by atoms with van der Waals surface area (Å²) in [5, 5.41) is 4.50. The van der Waals surface area contributed by atoms with Crippen LogP contribution >= 0.6 is 23.4 Å². The molecule has 0 bridgehead atoms. The summed E-state index contributed by atoms with van der Waals surface area (Å²) < 4.78 is 4.34. The van der Waals surface area contributed by atoms with Gasteiger partial charge in [-0.25, -0.2) is 9.67 Å². The van der Waals surface area contributed by atoms with E-state index < -0.39 is 0 Å². The minimum absolute atomic E-state index is 0.0941. The van der Waals surface area contributed by atoms with Crippen LogP contribution in [0.15, 0.2) is 0 Å². The number of alkyl halides is 1. The second kappa shape index (κ2) is 7.05. The number of hydrogen-bond donors (Lipinski definition) is 0. The highest BCUT2D eigenvalue weighted by atomic mass is 35.5. The first-order valence-electron chi connectivity index (χ1n) is 7.68. The second-order valence-corrected chi connectivity index (χ2v) is 7.41. The number of hydrogen-bond acceptors (Lipinski definition) is 3. The van der Waals surface area contributed by atoms with Gasteiger partial charge in [-0.1, -0.05) is 6.92 Å². The molecule has 4 nitrogen and oxygen atoms in total. The van der Waals surface area contributed by atoms with E-state index in [1.165, 1.54) is 0 Å². The number of rotatable bonds is 7. The summed E-state index contributed by atoms with van der Waals surface area (Å²) >= 11 is 8.35. The molecule has 0 spiro atoms. The minimum atomic E-state index is -0.0941. The van der Waals surface area contributed by atoms with E-state index in [0.29, 0.717) is 6.04 Å². The molecule has 2 rings (SSSR count). The molecule has 2 unspecified atom stereocenters. The average Bonchev–Trinajstić information content (AvgIpc) is 2.97. The Balaban J connectivity index is 2.49. The van der Waals surface area contributed by atoms with Gasteiger partial charge in [0.15, 0.2) is 5.65 Å². The molecule has 2 aromatic heterocycles. The average molecular weight is 329 g/mol. The number of imidazole rings is 1. The standard InChI is InChI=1S/C15H25ClN4S/c1-6-19-15-13(12(5)18-19)17-14(11(4)16)20(15)10(3)8-9-21-7-2/h10-11H,6-9H2,1-5H3. The molecule has 0 saturated heterocycles. The summed E-state index contributed by atoms with van der Waals surface area (Å²) in [6.45, 7) is 11.4. The predicted molar refractivity (Wildman–Crippen MR) is 92.5 cm³/mol. The van der Waals surface area contributed by atoms with Crippen LogP contribution in [0.4, 0.5) is 0 Å². The first kappa shape index (κ1) is 16.7. The fourth-order valence-corrected chi connectivity index (χ4v) is 3.62. The van der Waals surface area contributed by atoms with E-state index in [2.05, 4.69) is 30.4 Å². The zero-order valence-electron chi connectivity index (χ0n) is 13.6. The first-order valence-corrected chi connectivity index (χ1v) is 9.27. The van der Waals surface area contributed by atoms with Gasteiger partial charge in [0.25, 0.3) is 0 Å². The Morgan fingerprint density at radius 1 is 1.29 bits per heavy atom. The van der Waals surface area contributed by atoms with Crippen molar-refractivity contribution in [3.63, 3.8) is 0 Å². The van der Waals surface area contributed by atoms with Crippen molar-refractivity contribution in [1.82, 2.24) is 19.3 Å². The van der Waals surface area contributed by atoms with Crippen LogP contribution in [-0.4, -0.2) is 30.8 Å².